The Morgan fingerprint density at radius 2 is 1.76 bits per heavy atom. The van der Waals surface area contributed by atoms with Crippen LogP contribution in [0.15, 0.2) is 35.5 Å². The van der Waals surface area contributed by atoms with Crippen LogP contribution in [0.5, 0.6) is 0 Å². The highest BCUT2D eigenvalue weighted by Gasteiger charge is 2.50. The molecule has 4 rings (SSSR count). The molecule has 9 atom stereocenters. The molecule has 0 amide bonds. The molecule has 0 N–H and O–H groups in total. The summed E-state index contributed by atoms with van der Waals surface area (Å²) < 4.78 is 60.4. The molecule has 49 heavy (non-hydrogen) atoms. The molecule has 280 valence electrons. The maximum Gasteiger partial charge on any atom is 0.302 e. The van der Waals surface area contributed by atoms with E-state index in [-0.39, 0.29) is 43.3 Å². The lowest BCUT2D eigenvalue weighted by atomic mass is 9.74. The average molecular weight is 709 g/mol. The second kappa shape index (κ2) is 20.5. The van der Waals surface area contributed by atoms with Gasteiger partial charge >= 0.3 is 5.97 Å². The highest BCUT2D eigenvalue weighted by Crippen LogP contribution is 2.54. The van der Waals surface area contributed by atoms with Crippen molar-refractivity contribution in [2.24, 2.45) is 29.6 Å². The van der Waals surface area contributed by atoms with Gasteiger partial charge < -0.3 is 23.7 Å². The lowest BCUT2D eigenvalue weighted by Crippen LogP contribution is -2.37. The number of carbonyl (C=O) groups excluding carboxylic acids is 1. The number of fused-ring (bicyclic) bond motifs is 1. The van der Waals surface area contributed by atoms with Gasteiger partial charge in [-0.25, -0.2) is 0 Å². The molecule has 9 nitrogen and oxygen atoms in total. The fourth-order valence-corrected chi connectivity index (χ4v) is 8.83. The van der Waals surface area contributed by atoms with Crippen LogP contribution in [-0.4, -0.2) is 71.9 Å². The van der Waals surface area contributed by atoms with Gasteiger partial charge in [0.05, 0.1) is 31.7 Å². The van der Waals surface area contributed by atoms with Crippen molar-refractivity contribution < 1.29 is 41.1 Å². The van der Waals surface area contributed by atoms with Crippen molar-refractivity contribution in [3.63, 3.8) is 0 Å². The largest absolute Gasteiger partial charge is 0.466 e. The number of carbonyl (C=O) groups is 1. The molecule has 1 saturated carbocycles. The van der Waals surface area contributed by atoms with Crippen LogP contribution in [0.2, 0.25) is 0 Å². The molecule has 0 radical (unpaired) electrons. The predicted octanol–water partition coefficient (Wildman–Crippen LogP) is 8.05. The summed E-state index contributed by atoms with van der Waals surface area (Å²) in [5.41, 5.74) is 2.62. The van der Waals surface area contributed by atoms with Crippen molar-refractivity contribution in [3.8, 4) is 0 Å². The Balaban J connectivity index is 1.57. The van der Waals surface area contributed by atoms with E-state index in [1.807, 2.05) is 0 Å². The molecule has 2 saturated heterocycles. The zero-order valence-corrected chi connectivity index (χ0v) is 31.6. The van der Waals surface area contributed by atoms with E-state index in [2.05, 4.69) is 45.1 Å². The second-order valence-electron chi connectivity index (χ2n) is 14.9. The Kier molecular flexibility index (Phi) is 16.8. The van der Waals surface area contributed by atoms with E-state index in [1.165, 1.54) is 18.1 Å². The number of allylic oxidation sites excluding steroid dienone is 4. The van der Waals surface area contributed by atoms with Crippen LogP contribution in [-0.2, 0) is 42.8 Å². The van der Waals surface area contributed by atoms with Crippen LogP contribution in [0.4, 0.5) is 0 Å². The normalized spacial score (nSPS) is 29.3. The molecule has 9 unspecified atom stereocenters. The van der Waals surface area contributed by atoms with Crippen LogP contribution in [0.3, 0.4) is 0 Å². The molecule has 0 aromatic rings. The van der Waals surface area contributed by atoms with Gasteiger partial charge in [0, 0.05) is 26.1 Å². The molecule has 10 heteroatoms. The molecule has 2 aliphatic heterocycles. The minimum atomic E-state index is -3.58. The smallest absolute Gasteiger partial charge is 0.302 e. The van der Waals surface area contributed by atoms with Gasteiger partial charge in [-0.15, -0.1) is 0 Å². The number of rotatable bonds is 20. The molecule has 0 bridgehead atoms. The first-order valence-corrected chi connectivity index (χ1v) is 20.8. The average Bonchev–Trinajstić information content (AvgIpc) is 3.59. The Hall–Kier alpha value is -1.56. The van der Waals surface area contributed by atoms with Crippen molar-refractivity contribution in [1.82, 2.24) is 0 Å². The van der Waals surface area contributed by atoms with Crippen LogP contribution >= 0.6 is 0 Å². The maximum atomic E-state index is 12.1. The van der Waals surface area contributed by atoms with Gasteiger partial charge in [0.1, 0.15) is 0 Å². The number of unbranched alkanes of at least 4 members (excludes halogenated alkanes) is 1. The lowest BCUT2D eigenvalue weighted by molar-refractivity contribution is -0.203. The van der Waals surface area contributed by atoms with E-state index < -0.39 is 10.1 Å². The van der Waals surface area contributed by atoms with Gasteiger partial charge in [-0.1, -0.05) is 35.5 Å². The van der Waals surface area contributed by atoms with E-state index in [9.17, 15) is 13.2 Å². The zero-order chi connectivity index (χ0) is 35.2. The van der Waals surface area contributed by atoms with Gasteiger partial charge in [0.15, 0.2) is 12.6 Å². The summed E-state index contributed by atoms with van der Waals surface area (Å²) in [5, 5.41) is 0. The SMILES string of the molecule is CC=CC(CC(CCC=C(C)C)C1C(OC2CCCCO2)CC2C=C(C(CCCCOC(C)=O)COS(C)(=O)=O)CC21)OC1CCCCO1. The van der Waals surface area contributed by atoms with Crippen molar-refractivity contribution in [2.45, 2.75) is 142 Å². The molecule has 0 aromatic heterocycles. The maximum absolute atomic E-state index is 12.1. The molecule has 4 aliphatic rings. The van der Waals surface area contributed by atoms with Gasteiger partial charge in [-0.3, -0.25) is 8.98 Å². The van der Waals surface area contributed by atoms with E-state index in [1.54, 1.807) is 0 Å². The van der Waals surface area contributed by atoms with E-state index in [0.717, 1.165) is 109 Å². The molecule has 2 aliphatic carbocycles. The standard InChI is InChI=1S/C39H64O9S/c1-6-14-34(47-37-18-8-11-21-44-37)24-30(17-13-15-28(2)3)39-35-25-32(23-33(35)26-36(39)48-38-19-9-12-22-45-38)31(27-46-49(5,41)42)16-7-10-20-43-29(4)40/h6,14-15,23,30-31,33-39H,7-13,16-22,24-27H2,1-5H3. The molecule has 2 heterocycles. The van der Waals surface area contributed by atoms with Crippen molar-refractivity contribution in [1.29, 1.82) is 0 Å². The van der Waals surface area contributed by atoms with Gasteiger partial charge in [-0.2, -0.15) is 8.42 Å². The highest BCUT2D eigenvalue weighted by molar-refractivity contribution is 7.85. The van der Waals surface area contributed by atoms with Crippen LogP contribution in [0.1, 0.15) is 118 Å². The van der Waals surface area contributed by atoms with Crippen LogP contribution < -0.4 is 0 Å². The van der Waals surface area contributed by atoms with Gasteiger partial charge in [-0.05, 0) is 134 Å². The summed E-state index contributed by atoms with van der Waals surface area (Å²) >= 11 is 0. The Bertz CT molecular complexity index is 1190. The number of ether oxygens (including phenoxy) is 5. The van der Waals surface area contributed by atoms with Gasteiger partial charge in [0.25, 0.3) is 10.1 Å². The predicted molar refractivity (Wildman–Crippen MR) is 191 cm³/mol. The van der Waals surface area contributed by atoms with Crippen LogP contribution in [0, 0.1) is 29.6 Å². The highest BCUT2D eigenvalue weighted by atomic mass is 32.2. The third kappa shape index (κ3) is 13.8. The third-order valence-corrected chi connectivity index (χ3v) is 11.2. The van der Waals surface area contributed by atoms with E-state index in [4.69, 9.17) is 27.9 Å². The fourth-order valence-electron chi connectivity index (χ4n) is 8.42. The first kappa shape index (κ1) is 40.2. The number of hydrogen-bond donors (Lipinski definition) is 0. The monoisotopic (exact) mass is 708 g/mol. The molecule has 3 fully saturated rings. The number of esters is 1. The van der Waals surface area contributed by atoms with Gasteiger partial charge in [0.2, 0.25) is 0 Å². The Morgan fingerprint density at radius 1 is 1.02 bits per heavy atom. The fraction of sp³-hybridized carbons (Fsp3) is 0.821. The lowest BCUT2D eigenvalue weighted by Gasteiger charge is -2.37. The first-order chi connectivity index (χ1) is 23.5. The van der Waals surface area contributed by atoms with Crippen molar-refractivity contribution >= 4 is 16.1 Å². The van der Waals surface area contributed by atoms with Crippen LogP contribution in [0.25, 0.3) is 0 Å². The van der Waals surface area contributed by atoms with E-state index in [0.29, 0.717) is 30.3 Å². The second-order valence-corrected chi connectivity index (χ2v) is 16.6. The summed E-state index contributed by atoms with van der Waals surface area (Å²) in [6.45, 7) is 9.83. The summed E-state index contributed by atoms with van der Waals surface area (Å²) in [6.07, 6.45) is 23.3. The number of hydrogen-bond acceptors (Lipinski definition) is 9. The molecular weight excluding hydrogens is 644 g/mol. The summed E-state index contributed by atoms with van der Waals surface area (Å²) in [4.78, 5) is 11.3. The summed E-state index contributed by atoms with van der Waals surface area (Å²) in [5.74, 6) is 1.11. The summed E-state index contributed by atoms with van der Waals surface area (Å²) in [6, 6.07) is 0. The first-order valence-electron chi connectivity index (χ1n) is 19.0. The van der Waals surface area contributed by atoms with E-state index >= 15 is 0 Å². The van der Waals surface area contributed by atoms with Crippen molar-refractivity contribution in [3.05, 3.63) is 35.5 Å². The Morgan fingerprint density at radius 3 is 2.39 bits per heavy atom. The quantitative estimate of drug-likeness (QED) is 0.0538. The third-order valence-electron chi connectivity index (χ3n) is 10.6. The molecule has 0 spiro atoms. The summed E-state index contributed by atoms with van der Waals surface area (Å²) in [7, 11) is -3.58. The minimum absolute atomic E-state index is 0.00831. The Labute approximate surface area is 296 Å². The minimum Gasteiger partial charge on any atom is -0.466 e. The molecule has 0 aromatic carbocycles. The van der Waals surface area contributed by atoms with Crippen molar-refractivity contribution in [2.75, 3.05) is 32.7 Å². The molecular formula is C39H64O9S. The zero-order valence-electron chi connectivity index (χ0n) is 30.8. The topological polar surface area (TPSA) is 107 Å².